The summed E-state index contributed by atoms with van der Waals surface area (Å²) in [6, 6.07) is 2.58. The molecule has 1 aliphatic carbocycles. The van der Waals surface area contributed by atoms with Crippen molar-refractivity contribution in [2.24, 2.45) is 5.92 Å². The Kier molecular flexibility index (Phi) is 5.18. The van der Waals surface area contributed by atoms with Gasteiger partial charge in [-0.05, 0) is 49.9 Å². The van der Waals surface area contributed by atoms with Gasteiger partial charge < -0.3 is 5.32 Å². The van der Waals surface area contributed by atoms with Crippen molar-refractivity contribution >= 4 is 0 Å². The second-order valence-electron chi connectivity index (χ2n) is 5.65. The normalized spacial score (nSPS) is 18.8. The Labute approximate surface area is 111 Å². The van der Waals surface area contributed by atoms with E-state index in [-0.39, 0.29) is 0 Å². The molecule has 1 N–H and O–H groups in total. The summed E-state index contributed by atoms with van der Waals surface area (Å²) in [7, 11) is 2.07. The lowest BCUT2D eigenvalue weighted by Crippen LogP contribution is -2.19. The van der Waals surface area contributed by atoms with Crippen LogP contribution in [0.2, 0.25) is 0 Å². The predicted octanol–water partition coefficient (Wildman–Crippen LogP) is 4.01. The van der Waals surface area contributed by atoms with E-state index in [9.17, 15) is 0 Å². The quantitative estimate of drug-likeness (QED) is 0.849. The van der Waals surface area contributed by atoms with E-state index in [0.717, 1.165) is 5.92 Å². The predicted molar refractivity (Wildman–Crippen MR) is 76.6 cm³/mol. The molecule has 1 unspecified atom stereocenters. The number of hydrogen-bond donors (Lipinski definition) is 1. The van der Waals surface area contributed by atoms with Gasteiger partial charge in [-0.3, -0.25) is 4.98 Å². The monoisotopic (exact) mass is 246 g/mol. The summed E-state index contributed by atoms with van der Waals surface area (Å²) in [6.45, 7) is 2.18. The summed E-state index contributed by atoms with van der Waals surface area (Å²) in [6.07, 6.45) is 13.7. The average Bonchev–Trinajstić information content (AvgIpc) is 2.42. The van der Waals surface area contributed by atoms with Crippen LogP contribution in [0.5, 0.6) is 0 Å². The highest BCUT2D eigenvalue weighted by Gasteiger charge is 2.17. The van der Waals surface area contributed by atoms with E-state index in [1.54, 1.807) is 0 Å². The summed E-state index contributed by atoms with van der Waals surface area (Å²) in [5, 5.41) is 3.46. The van der Waals surface area contributed by atoms with Gasteiger partial charge in [0.2, 0.25) is 0 Å². The molecule has 0 aromatic carbocycles. The molecule has 0 radical (unpaired) electrons. The second kappa shape index (κ2) is 6.89. The lowest BCUT2D eigenvalue weighted by atomic mass is 9.84. The highest BCUT2D eigenvalue weighted by molar-refractivity contribution is 5.24. The smallest absolute Gasteiger partial charge is 0.0335 e. The first kappa shape index (κ1) is 13.5. The van der Waals surface area contributed by atoms with Crippen molar-refractivity contribution in [3.63, 3.8) is 0 Å². The van der Waals surface area contributed by atoms with Crippen molar-refractivity contribution in [3.8, 4) is 0 Å². The molecule has 100 valence electrons. The molecule has 0 aliphatic heterocycles. The first-order valence-electron chi connectivity index (χ1n) is 7.39. The highest BCUT2D eigenvalue weighted by atomic mass is 14.9. The SMILES string of the molecule is CNC(CCC1CCCCC1)c1cnccc1C. The lowest BCUT2D eigenvalue weighted by molar-refractivity contribution is 0.317. The Morgan fingerprint density at radius 2 is 2.11 bits per heavy atom. The van der Waals surface area contributed by atoms with Crippen molar-refractivity contribution in [3.05, 3.63) is 29.6 Å². The minimum atomic E-state index is 0.473. The van der Waals surface area contributed by atoms with Crippen molar-refractivity contribution in [2.45, 2.75) is 57.9 Å². The zero-order valence-electron chi connectivity index (χ0n) is 11.8. The van der Waals surface area contributed by atoms with Crippen LogP contribution >= 0.6 is 0 Å². The molecular formula is C16H26N2. The molecular weight excluding hydrogens is 220 g/mol. The van der Waals surface area contributed by atoms with Gasteiger partial charge in [0.05, 0.1) is 0 Å². The summed E-state index contributed by atoms with van der Waals surface area (Å²) < 4.78 is 0. The topological polar surface area (TPSA) is 24.9 Å². The summed E-state index contributed by atoms with van der Waals surface area (Å²) >= 11 is 0. The van der Waals surface area contributed by atoms with Gasteiger partial charge in [0.1, 0.15) is 0 Å². The van der Waals surface area contributed by atoms with Gasteiger partial charge in [0.15, 0.2) is 0 Å². The number of hydrogen-bond acceptors (Lipinski definition) is 2. The van der Waals surface area contributed by atoms with E-state index in [0.29, 0.717) is 6.04 Å². The van der Waals surface area contributed by atoms with E-state index < -0.39 is 0 Å². The van der Waals surface area contributed by atoms with E-state index in [4.69, 9.17) is 0 Å². The lowest BCUT2D eigenvalue weighted by Gasteiger charge is -2.24. The first-order chi connectivity index (χ1) is 8.81. The Bertz CT molecular complexity index is 356. The number of pyridine rings is 1. The molecule has 1 heterocycles. The standard InChI is InChI=1S/C16H26N2/c1-13-10-11-18-12-15(13)16(17-2)9-8-14-6-4-3-5-7-14/h10-12,14,16-17H,3-9H2,1-2H3. The van der Waals surface area contributed by atoms with Crippen molar-refractivity contribution in [1.82, 2.24) is 10.3 Å². The van der Waals surface area contributed by atoms with Crippen molar-refractivity contribution in [2.75, 3.05) is 7.05 Å². The van der Waals surface area contributed by atoms with Gasteiger partial charge >= 0.3 is 0 Å². The van der Waals surface area contributed by atoms with Gasteiger partial charge in [0, 0.05) is 18.4 Å². The molecule has 0 amide bonds. The highest BCUT2D eigenvalue weighted by Crippen LogP contribution is 2.30. The maximum absolute atomic E-state index is 4.27. The van der Waals surface area contributed by atoms with Crippen LogP contribution in [0.4, 0.5) is 0 Å². The molecule has 0 spiro atoms. The fourth-order valence-electron chi connectivity index (χ4n) is 3.17. The van der Waals surface area contributed by atoms with Crippen LogP contribution < -0.4 is 5.32 Å². The zero-order chi connectivity index (χ0) is 12.8. The first-order valence-corrected chi connectivity index (χ1v) is 7.39. The maximum Gasteiger partial charge on any atom is 0.0335 e. The third-order valence-corrected chi connectivity index (χ3v) is 4.39. The number of nitrogens with one attached hydrogen (secondary N) is 1. The average molecular weight is 246 g/mol. The molecule has 2 nitrogen and oxygen atoms in total. The second-order valence-corrected chi connectivity index (χ2v) is 5.65. The van der Waals surface area contributed by atoms with Gasteiger partial charge in [-0.2, -0.15) is 0 Å². The Morgan fingerprint density at radius 1 is 1.33 bits per heavy atom. The van der Waals surface area contributed by atoms with Crippen molar-refractivity contribution < 1.29 is 0 Å². The largest absolute Gasteiger partial charge is 0.313 e. The van der Waals surface area contributed by atoms with Crippen LogP contribution in [0, 0.1) is 12.8 Å². The van der Waals surface area contributed by atoms with Crippen LogP contribution in [-0.2, 0) is 0 Å². The molecule has 2 rings (SSSR count). The Morgan fingerprint density at radius 3 is 2.78 bits per heavy atom. The molecule has 0 saturated heterocycles. The third-order valence-electron chi connectivity index (χ3n) is 4.39. The number of aryl methyl sites for hydroxylation is 1. The Hall–Kier alpha value is -0.890. The fraction of sp³-hybridized carbons (Fsp3) is 0.688. The summed E-state index contributed by atoms with van der Waals surface area (Å²) in [5.41, 5.74) is 2.73. The van der Waals surface area contributed by atoms with Crippen LogP contribution in [0.25, 0.3) is 0 Å². The van der Waals surface area contributed by atoms with Crippen LogP contribution in [-0.4, -0.2) is 12.0 Å². The van der Waals surface area contributed by atoms with E-state index in [2.05, 4.69) is 30.3 Å². The molecule has 2 heteroatoms. The maximum atomic E-state index is 4.27. The fourth-order valence-corrected chi connectivity index (χ4v) is 3.17. The van der Waals surface area contributed by atoms with Gasteiger partial charge in [-0.25, -0.2) is 0 Å². The van der Waals surface area contributed by atoms with E-state index in [1.807, 2.05) is 12.4 Å². The molecule has 1 aromatic heterocycles. The Balaban J connectivity index is 1.91. The molecule has 0 bridgehead atoms. The van der Waals surface area contributed by atoms with Crippen molar-refractivity contribution in [1.29, 1.82) is 0 Å². The molecule has 1 aliphatic rings. The molecule has 1 saturated carbocycles. The molecule has 18 heavy (non-hydrogen) atoms. The van der Waals surface area contributed by atoms with Gasteiger partial charge in [-0.1, -0.05) is 32.1 Å². The number of nitrogens with zero attached hydrogens (tertiary/aromatic N) is 1. The third kappa shape index (κ3) is 3.55. The van der Waals surface area contributed by atoms with Crippen LogP contribution in [0.3, 0.4) is 0 Å². The summed E-state index contributed by atoms with van der Waals surface area (Å²) in [4.78, 5) is 4.27. The minimum Gasteiger partial charge on any atom is -0.313 e. The van der Waals surface area contributed by atoms with Crippen LogP contribution in [0.15, 0.2) is 18.5 Å². The summed E-state index contributed by atoms with van der Waals surface area (Å²) in [5.74, 6) is 0.964. The molecule has 1 fully saturated rings. The minimum absolute atomic E-state index is 0.473. The van der Waals surface area contributed by atoms with Crippen LogP contribution in [0.1, 0.15) is 62.1 Å². The van der Waals surface area contributed by atoms with E-state index in [1.165, 1.54) is 56.1 Å². The van der Waals surface area contributed by atoms with Gasteiger partial charge in [0.25, 0.3) is 0 Å². The number of aromatic nitrogens is 1. The molecule has 1 atom stereocenters. The zero-order valence-corrected chi connectivity index (χ0v) is 11.8. The van der Waals surface area contributed by atoms with Gasteiger partial charge in [-0.15, -0.1) is 0 Å². The molecule has 1 aromatic rings. The van der Waals surface area contributed by atoms with E-state index >= 15 is 0 Å². The number of rotatable bonds is 5.